The Morgan fingerprint density at radius 1 is 1.11 bits per heavy atom. The van der Waals surface area contributed by atoms with Crippen molar-refractivity contribution in [1.29, 1.82) is 5.26 Å². The summed E-state index contributed by atoms with van der Waals surface area (Å²) in [7, 11) is 3.75. The Morgan fingerprint density at radius 3 is 2.57 bits per heavy atom. The topological polar surface area (TPSA) is 92.8 Å². The number of fused-ring (bicyclic) bond motifs is 1. The van der Waals surface area contributed by atoms with Crippen LogP contribution in [0.4, 0.5) is 0 Å². The van der Waals surface area contributed by atoms with Crippen LogP contribution in [-0.4, -0.2) is 63.3 Å². The molecule has 8 heteroatoms. The van der Waals surface area contributed by atoms with E-state index in [1.807, 2.05) is 51.4 Å². The average Bonchev–Trinajstić information content (AvgIpc) is 3.59. The summed E-state index contributed by atoms with van der Waals surface area (Å²) in [6.45, 7) is 6.85. The first-order valence-electron chi connectivity index (χ1n) is 13.2. The number of nitrogens with one attached hydrogen (secondary N) is 1. The van der Waals surface area contributed by atoms with Crippen LogP contribution in [0.3, 0.4) is 0 Å². The van der Waals surface area contributed by atoms with E-state index in [0.717, 1.165) is 79.2 Å². The van der Waals surface area contributed by atoms with Crippen LogP contribution in [0.15, 0.2) is 40.9 Å². The molecule has 0 unspecified atom stereocenters. The van der Waals surface area contributed by atoms with Gasteiger partial charge in [0, 0.05) is 23.1 Å². The number of nitriles is 1. The normalized spacial score (nSPS) is 16.9. The lowest BCUT2D eigenvalue weighted by molar-refractivity contribution is -0.0661. The molecule has 0 amide bonds. The van der Waals surface area contributed by atoms with Gasteiger partial charge in [0.1, 0.15) is 12.4 Å². The molecule has 5 rings (SSSR count). The van der Waals surface area contributed by atoms with Crippen LogP contribution in [0.25, 0.3) is 11.0 Å². The summed E-state index contributed by atoms with van der Waals surface area (Å²) in [6, 6.07) is 13.7. The third kappa shape index (κ3) is 7.08. The average molecular weight is 507 g/mol. The van der Waals surface area contributed by atoms with E-state index in [-0.39, 0.29) is 6.29 Å². The van der Waals surface area contributed by atoms with Crippen LogP contribution in [0.1, 0.15) is 41.6 Å². The van der Waals surface area contributed by atoms with Crippen LogP contribution < -0.4 is 10.1 Å². The van der Waals surface area contributed by atoms with Gasteiger partial charge in [-0.2, -0.15) is 5.26 Å². The SMILES string of the molecule is CNC.Cc1c(OCc2ccccc2C#N)ccc2c(CCC3CCN(CC4OCCO4)CC3)noc12. The van der Waals surface area contributed by atoms with Crippen LogP contribution in [0.2, 0.25) is 0 Å². The molecule has 2 saturated heterocycles. The van der Waals surface area contributed by atoms with Crippen LogP contribution in [0, 0.1) is 24.2 Å². The molecular formula is C29H38N4O4. The maximum absolute atomic E-state index is 9.29. The quantitative estimate of drug-likeness (QED) is 0.479. The second-order valence-electron chi connectivity index (χ2n) is 9.71. The minimum atomic E-state index is -0.0451. The number of aromatic nitrogens is 1. The van der Waals surface area contributed by atoms with E-state index in [4.69, 9.17) is 18.7 Å². The molecule has 2 fully saturated rings. The summed E-state index contributed by atoms with van der Waals surface area (Å²) >= 11 is 0. The third-order valence-electron chi connectivity index (χ3n) is 7.03. The van der Waals surface area contributed by atoms with Crippen molar-refractivity contribution in [2.45, 2.75) is 45.5 Å². The molecule has 0 radical (unpaired) electrons. The number of benzene rings is 2. The molecule has 0 atom stereocenters. The van der Waals surface area contributed by atoms with Crippen molar-refractivity contribution in [2.75, 3.05) is 46.9 Å². The first-order chi connectivity index (χ1) is 18.1. The van der Waals surface area contributed by atoms with Gasteiger partial charge in [-0.25, -0.2) is 0 Å². The molecule has 198 valence electrons. The zero-order valence-corrected chi connectivity index (χ0v) is 22.2. The molecule has 3 aromatic rings. The second kappa shape index (κ2) is 13.5. The summed E-state index contributed by atoms with van der Waals surface area (Å²) in [4.78, 5) is 2.46. The molecule has 2 aliphatic rings. The van der Waals surface area contributed by atoms with E-state index in [1.165, 1.54) is 12.8 Å². The zero-order chi connectivity index (χ0) is 26.0. The van der Waals surface area contributed by atoms with Crippen LogP contribution in [-0.2, 0) is 22.5 Å². The zero-order valence-electron chi connectivity index (χ0n) is 22.2. The molecule has 2 aliphatic heterocycles. The van der Waals surface area contributed by atoms with Gasteiger partial charge in [-0.3, -0.25) is 4.90 Å². The minimum absolute atomic E-state index is 0.0451. The van der Waals surface area contributed by atoms with Crippen molar-refractivity contribution >= 4 is 11.0 Å². The van der Waals surface area contributed by atoms with Gasteiger partial charge in [0.25, 0.3) is 0 Å². The van der Waals surface area contributed by atoms with Gasteiger partial charge in [-0.15, -0.1) is 0 Å². The number of piperidine rings is 1. The smallest absolute Gasteiger partial charge is 0.173 e. The highest BCUT2D eigenvalue weighted by atomic mass is 16.7. The molecule has 0 aliphatic carbocycles. The van der Waals surface area contributed by atoms with E-state index in [0.29, 0.717) is 18.1 Å². The van der Waals surface area contributed by atoms with Crippen molar-refractivity contribution < 1.29 is 18.7 Å². The van der Waals surface area contributed by atoms with E-state index in [9.17, 15) is 5.26 Å². The van der Waals surface area contributed by atoms with Gasteiger partial charge in [-0.05, 0) is 83.9 Å². The predicted octanol–water partition coefficient (Wildman–Crippen LogP) is 4.44. The number of aryl methyl sites for hydroxylation is 2. The molecule has 0 spiro atoms. The lowest BCUT2D eigenvalue weighted by atomic mass is 9.91. The molecule has 3 heterocycles. The monoisotopic (exact) mass is 506 g/mol. The lowest BCUT2D eigenvalue weighted by Gasteiger charge is -2.32. The summed E-state index contributed by atoms with van der Waals surface area (Å²) in [6.07, 6.45) is 4.39. The predicted molar refractivity (Wildman–Crippen MR) is 142 cm³/mol. The van der Waals surface area contributed by atoms with Gasteiger partial charge < -0.3 is 24.1 Å². The Balaban J connectivity index is 0.00000102. The standard InChI is InChI=1S/C27H31N3O4.C2H7N/c1-19-25(33-18-22-5-3-2-4-21(22)16-28)9-7-23-24(29-34-27(19)23)8-6-20-10-12-30(13-11-20)17-26-31-14-15-32-26;1-3-2/h2-5,7,9,20,26H,6,8,10-15,17-18H2,1H3;3H,1-2H3. The van der Waals surface area contributed by atoms with Crippen molar-refractivity contribution in [1.82, 2.24) is 15.4 Å². The summed E-state index contributed by atoms with van der Waals surface area (Å²) in [5.41, 5.74) is 4.25. The number of nitrogens with zero attached hydrogens (tertiary/aromatic N) is 3. The highest BCUT2D eigenvalue weighted by Gasteiger charge is 2.25. The largest absolute Gasteiger partial charge is 0.488 e. The summed E-state index contributed by atoms with van der Waals surface area (Å²) < 4.78 is 22.9. The fraction of sp³-hybridized carbons (Fsp3) is 0.517. The number of ether oxygens (including phenoxy) is 3. The minimum Gasteiger partial charge on any atom is -0.488 e. The lowest BCUT2D eigenvalue weighted by Crippen LogP contribution is -2.39. The Labute approximate surface area is 219 Å². The second-order valence-corrected chi connectivity index (χ2v) is 9.71. The van der Waals surface area contributed by atoms with Crippen molar-refractivity contribution in [3.8, 4) is 11.8 Å². The number of likely N-dealkylation sites (tertiary alicyclic amines) is 1. The third-order valence-corrected chi connectivity index (χ3v) is 7.03. The molecule has 1 aromatic heterocycles. The molecule has 2 aromatic carbocycles. The molecule has 0 bridgehead atoms. The molecular weight excluding hydrogens is 468 g/mol. The van der Waals surface area contributed by atoms with Gasteiger partial charge in [0.05, 0.1) is 30.5 Å². The van der Waals surface area contributed by atoms with Gasteiger partial charge >= 0.3 is 0 Å². The van der Waals surface area contributed by atoms with E-state index in [2.05, 4.69) is 21.4 Å². The highest BCUT2D eigenvalue weighted by molar-refractivity contribution is 5.84. The number of hydrogen-bond donors (Lipinski definition) is 1. The van der Waals surface area contributed by atoms with Gasteiger partial charge in [0.2, 0.25) is 0 Å². The molecule has 0 saturated carbocycles. The van der Waals surface area contributed by atoms with Crippen LogP contribution in [0.5, 0.6) is 5.75 Å². The van der Waals surface area contributed by atoms with Crippen molar-refractivity contribution in [3.05, 3.63) is 58.8 Å². The van der Waals surface area contributed by atoms with Gasteiger partial charge in [0.15, 0.2) is 11.9 Å². The highest BCUT2D eigenvalue weighted by Crippen LogP contribution is 2.32. The van der Waals surface area contributed by atoms with Crippen molar-refractivity contribution in [2.24, 2.45) is 5.92 Å². The number of hydrogen-bond acceptors (Lipinski definition) is 8. The van der Waals surface area contributed by atoms with Crippen molar-refractivity contribution in [3.63, 3.8) is 0 Å². The van der Waals surface area contributed by atoms with Crippen LogP contribution >= 0.6 is 0 Å². The maximum atomic E-state index is 9.29. The first kappa shape index (κ1) is 27.1. The Hall–Kier alpha value is -2.96. The van der Waals surface area contributed by atoms with E-state index < -0.39 is 0 Å². The molecule has 37 heavy (non-hydrogen) atoms. The first-order valence-corrected chi connectivity index (χ1v) is 13.2. The Kier molecular flexibility index (Phi) is 9.92. The maximum Gasteiger partial charge on any atom is 0.173 e. The van der Waals surface area contributed by atoms with E-state index >= 15 is 0 Å². The molecule has 1 N–H and O–H groups in total. The summed E-state index contributed by atoms with van der Waals surface area (Å²) in [5, 5.41) is 17.5. The Bertz CT molecular complexity index is 1170. The number of rotatable bonds is 8. The molecule has 8 nitrogen and oxygen atoms in total. The fourth-order valence-electron chi connectivity index (χ4n) is 4.94. The Morgan fingerprint density at radius 2 is 1.84 bits per heavy atom. The summed E-state index contributed by atoms with van der Waals surface area (Å²) in [5.74, 6) is 1.46. The van der Waals surface area contributed by atoms with Gasteiger partial charge in [-0.1, -0.05) is 23.4 Å². The fourth-order valence-corrected chi connectivity index (χ4v) is 4.94. The van der Waals surface area contributed by atoms with E-state index in [1.54, 1.807) is 6.07 Å².